The van der Waals surface area contributed by atoms with Gasteiger partial charge in [0.2, 0.25) is 5.91 Å². The van der Waals surface area contributed by atoms with E-state index in [-0.39, 0.29) is 18.4 Å². The standard InChI is InChI=1S/C18H21BrN4O3/c1-12-9-14(4-5-15(12)19)23-17(24)11-22-16-6-3-13(10-21-16)18(25)20-7-8-26-2/h3-6,9-10H,7-8,11H2,1-2H3,(H,20,25)(H,21,22)(H,23,24). The van der Waals surface area contributed by atoms with Gasteiger partial charge in [-0.25, -0.2) is 4.98 Å². The highest BCUT2D eigenvalue weighted by molar-refractivity contribution is 9.10. The summed E-state index contributed by atoms with van der Waals surface area (Å²) in [5.41, 5.74) is 2.21. The fraction of sp³-hybridized carbons (Fsp3) is 0.278. The molecule has 0 aliphatic heterocycles. The van der Waals surface area contributed by atoms with Crippen LogP contribution < -0.4 is 16.0 Å². The maximum Gasteiger partial charge on any atom is 0.252 e. The number of nitrogens with zero attached hydrogens (tertiary/aromatic N) is 1. The van der Waals surface area contributed by atoms with Crippen LogP contribution in [0.3, 0.4) is 0 Å². The highest BCUT2D eigenvalue weighted by Gasteiger charge is 2.07. The molecule has 2 rings (SSSR count). The lowest BCUT2D eigenvalue weighted by molar-refractivity contribution is -0.114. The van der Waals surface area contributed by atoms with Crippen molar-refractivity contribution in [2.75, 3.05) is 37.4 Å². The molecule has 0 saturated carbocycles. The van der Waals surface area contributed by atoms with Crippen LogP contribution in [0.15, 0.2) is 41.0 Å². The number of hydrogen-bond donors (Lipinski definition) is 3. The van der Waals surface area contributed by atoms with Crippen LogP contribution in [0.4, 0.5) is 11.5 Å². The molecule has 0 bridgehead atoms. The minimum absolute atomic E-state index is 0.0709. The lowest BCUT2D eigenvalue weighted by Crippen LogP contribution is -2.27. The van der Waals surface area contributed by atoms with Gasteiger partial charge in [-0.2, -0.15) is 0 Å². The van der Waals surface area contributed by atoms with Gasteiger partial charge in [0.1, 0.15) is 5.82 Å². The first-order valence-electron chi connectivity index (χ1n) is 8.02. The van der Waals surface area contributed by atoms with Gasteiger partial charge in [0, 0.05) is 30.0 Å². The van der Waals surface area contributed by atoms with Crippen molar-refractivity contribution in [2.24, 2.45) is 0 Å². The van der Waals surface area contributed by atoms with Crippen LogP contribution in [0.5, 0.6) is 0 Å². The van der Waals surface area contributed by atoms with E-state index in [1.54, 1.807) is 19.2 Å². The van der Waals surface area contributed by atoms with E-state index in [1.165, 1.54) is 6.20 Å². The molecule has 26 heavy (non-hydrogen) atoms. The Bertz CT molecular complexity index is 766. The minimum atomic E-state index is -0.218. The van der Waals surface area contributed by atoms with Crippen molar-refractivity contribution >= 4 is 39.2 Å². The molecule has 2 aromatic rings. The van der Waals surface area contributed by atoms with Crippen molar-refractivity contribution in [3.05, 3.63) is 52.1 Å². The normalized spacial score (nSPS) is 10.3. The number of aromatic nitrogens is 1. The Morgan fingerprint density at radius 1 is 1.23 bits per heavy atom. The molecule has 0 radical (unpaired) electrons. The van der Waals surface area contributed by atoms with Crippen molar-refractivity contribution < 1.29 is 14.3 Å². The summed E-state index contributed by atoms with van der Waals surface area (Å²) in [6.45, 7) is 2.91. The summed E-state index contributed by atoms with van der Waals surface area (Å²) >= 11 is 3.42. The highest BCUT2D eigenvalue weighted by Crippen LogP contribution is 2.19. The zero-order valence-electron chi connectivity index (χ0n) is 14.6. The van der Waals surface area contributed by atoms with E-state index in [0.29, 0.717) is 24.5 Å². The van der Waals surface area contributed by atoms with Crippen molar-refractivity contribution in [1.82, 2.24) is 10.3 Å². The second-order valence-electron chi connectivity index (χ2n) is 5.55. The zero-order chi connectivity index (χ0) is 18.9. The number of methoxy groups -OCH3 is 1. The van der Waals surface area contributed by atoms with Crippen LogP contribution in [-0.4, -0.2) is 43.6 Å². The average molecular weight is 421 g/mol. The lowest BCUT2D eigenvalue weighted by atomic mass is 10.2. The van der Waals surface area contributed by atoms with Crippen LogP contribution in [-0.2, 0) is 9.53 Å². The number of amides is 2. The third-order valence-electron chi connectivity index (χ3n) is 3.49. The molecular weight excluding hydrogens is 400 g/mol. The van der Waals surface area contributed by atoms with E-state index in [2.05, 4.69) is 36.9 Å². The number of pyridine rings is 1. The molecule has 1 aromatic carbocycles. The Kier molecular flexibility index (Phi) is 7.55. The lowest BCUT2D eigenvalue weighted by Gasteiger charge is -2.09. The summed E-state index contributed by atoms with van der Waals surface area (Å²) in [5, 5.41) is 8.45. The summed E-state index contributed by atoms with van der Waals surface area (Å²) in [6, 6.07) is 8.90. The number of aryl methyl sites for hydroxylation is 1. The van der Waals surface area contributed by atoms with E-state index in [4.69, 9.17) is 4.74 Å². The average Bonchev–Trinajstić information content (AvgIpc) is 2.63. The first-order valence-corrected chi connectivity index (χ1v) is 8.82. The minimum Gasteiger partial charge on any atom is -0.383 e. The maximum atomic E-state index is 12.0. The summed E-state index contributed by atoms with van der Waals surface area (Å²) in [7, 11) is 1.57. The molecule has 7 nitrogen and oxygen atoms in total. The smallest absolute Gasteiger partial charge is 0.252 e. The summed E-state index contributed by atoms with van der Waals surface area (Å²) in [6.07, 6.45) is 1.46. The predicted molar refractivity (Wildman–Crippen MR) is 104 cm³/mol. The van der Waals surface area contributed by atoms with E-state index in [9.17, 15) is 9.59 Å². The van der Waals surface area contributed by atoms with Crippen molar-refractivity contribution in [2.45, 2.75) is 6.92 Å². The molecule has 8 heteroatoms. The fourth-order valence-corrected chi connectivity index (χ4v) is 2.35. The number of ether oxygens (including phenoxy) is 1. The number of carbonyl (C=O) groups excluding carboxylic acids is 2. The van der Waals surface area contributed by atoms with Gasteiger partial charge >= 0.3 is 0 Å². The van der Waals surface area contributed by atoms with Crippen molar-refractivity contribution in [3.8, 4) is 0 Å². The fourth-order valence-electron chi connectivity index (χ4n) is 2.10. The number of nitrogens with one attached hydrogen (secondary N) is 3. The molecule has 2 amide bonds. The van der Waals surface area contributed by atoms with Crippen LogP contribution in [0.1, 0.15) is 15.9 Å². The maximum absolute atomic E-state index is 12.0. The van der Waals surface area contributed by atoms with Gasteiger partial charge in [-0.15, -0.1) is 0 Å². The second-order valence-corrected chi connectivity index (χ2v) is 6.40. The van der Waals surface area contributed by atoms with Gasteiger partial charge in [-0.3, -0.25) is 9.59 Å². The number of benzene rings is 1. The number of carbonyl (C=O) groups is 2. The van der Waals surface area contributed by atoms with E-state index >= 15 is 0 Å². The van der Waals surface area contributed by atoms with Crippen LogP contribution >= 0.6 is 15.9 Å². The molecule has 1 aromatic heterocycles. The molecule has 0 atom stereocenters. The number of hydrogen-bond acceptors (Lipinski definition) is 5. The van der Waals surface area contributed by atoms with Crippen LogP contribution in [0.2, 0.25) is 0 Å². The predicted octanol–water partition coefficient (Wildman–Crippen LogP) is 2.58. The largest absolute Gasteiger partial charge is 0.383 e. The Hall–Kier alpha value is -2.45. The molecule has 0 spiro atoms. The number of halogens is 1. The Morgan fingerprint density at radius 3 is 2.69 bits per heavy atom. The third-order valence-corrected chi connectivity index (χ3v) is 4.38. The highest BCUT2D eigenvalue weighted by atomic mass is 79.9. The topological polar surface area (TPSA) is 92.4 Å². The van der Waals surface area contributed by atoms with Gasteiger partial charge in [-0.1, -0.05) is 15.9 Å². The van der Waals surface area contributed by atoms with E-state index in [0.717, 1.165) is 15.7 Å². The van der Waals surface area contributed by atoms with Gasteiger partial charge in [0.15, 0.2) is 0 Å². The molecule has 0 unspecified atom stereocenters. The summed E-state index contributed by atoms with van der Waals surface area (Å²) in [4.78, 5) is 28.0. The monoisotopic (exact) mass is 420 g/mol. The quantitative estimate of drug-likeness (QED) is 0.570. The Balaban J connectivity index is 1.82. The SMILES string of the molecule is COCCNC(=O)c1ccc(NCC(=O)Nc2ccc(Br)c(C)c2)nc1. The van der Waals surface area contributed by atoms with E-state index < -0.39 is 0 Å². The third kappa shape index (κ3) is 6.12. The molecular formula is C18H21BrN4O3. The first kappa shape index (κ1) is 19.9. The van der Waals surface area contributed by atoms with Crippen LogP contribution in [0.25, 0.3) is 0 Å². The van der Waals surface area contributed by atoms with Gasteiger partial charge in [0.25, 0.3) is 5.91 Å². The Labute approximate surface area is 160 Å². The molecule has 1 heterocycles. The van der Waals surface area contributed by atoms with Crippen LogP contribution in [0, 0.1) is 6.92 Å². The van der Waals surface area contributed by atoms with E-state index in [1.807, 2.05) is 25.1 Å². The Morgan fingerprint density at radius 2 is 2.04 bits per heavy atom. The van der Waals surface area contributed by atoms with Gasteiger partial charge in [0.05, 0.1) is 18.7 Å². The molecule has 0 aliphatic rings. The summed E-state index contributed by atoms with van der Waals surface area (Å²) < 4.78 is 5.87. The van der Waals surface area contributed by atoms with Crippen molar-refractivity contribution in [1.29, 1.82) is 0 Å². The number of rotatable bonds is 8. The van der Waals surface area contributed by atoms with Crippen molar-refractivity contribution in [3.63, 3.8) is 0 Å². The second kappa shape index (κ2) is 9.88. The van der Waals surface area contributed by atoms with Gasteiger partial charge in [-0.05, 0) is 42.8 Å². The molecule has 0 fully saturated rings. The molecule has 138 valence electrons. The first-order chi connectivity index (χ1) is 12.5. The number of anilines is 2. The molecule has 0 aliphatic carbocycles. The molecule has 3 N–H and O–H groups in total. The summed E-state index contributed by atoms with van der Waals surface area (Å²) in [5.74, 6) is 0.111. The zero-order valence-corrected chi connectivity index (χ0v) is 16.2. The molecule has 0 saturated heterocycles. The van der Waals surface area contributed by atoms with Gasteiger partial charge < -0.3 is 20.7 Å².